The van der Waals surface area contributed by atoms with Gasteiger partial charge in [0.1, 0.15) is 4.88 Å². The van der Waals surface area contributed by atoms with E-state index >= 15 is 0 Å². The second kappa shape index (κ2) is 7.10. The van der Waals surface area contributed by atoms with Crippen molar-refractivity contribution in [3.8, 4) is 0 Å². The zero-order chi connectivity index (χ0) is 13.5. The molecule has 0 aliphatic carbocycles. The molecule has 1 aromatic rings. The third-order valence-corrected chi connectivity index (χ3v) is 3.47. The minimum absolute atomic E-state index is 0.0615. The number of methoxy groups -OCH3 is 1. The number of aromatic nitrogens is 1. The number of anilines is 1. The highest BCUT2D eigenvalue weighted by atomic mass is 32.1. The molecule has 18 heavy (non-hydrogen) atoms. The van der Waals surface area contributed by atoms with E-state index in [1.54, 1.807) is 6.92 Å². The Bertz CT molecular complexity index is 429. The maximum absolute atomic E-state index is 11.6. The second-order valence-corrected chi connectivity index (χ2v) is 4.93. The number of carbonyl (C=O) groups excluding carboxylic acids is 2. The number of amides is 1. The standard InChI is InChI=1S/C12H18N2O3S/c1-4-5-6-7-9(15)14-12-13-8(2)10(18-12)11(16)17-3/h4-7H2,1-3H3,(H,13,14,15). The fraction of sp³-hybridized carbons (Fsp3) is 0.583. The van der Waals surface area contributed by atoms with Crippen molar-refractivity contribution in [2.45, 2.75) is 39.5 Å². The van der Waals surface area contributed by atoms with Gasteiger partial charge in [-0.15, -0.1) is 0 Å². The fourth-order valence-corrected chi connectivity index (χ4v) is 2.35. The van der Waals surface area contributed by atoms with Gasteiger partial charge < -0.3 is 10.1 Å². The van der Waals surface area contributed by atoms with E-state index in [4.69, 9.17) is 0 Å². The number of hydrogen-bond acceptors (Lipinski definition) is 5. The summed E-state index contributed by atoms with van der Waals surface area (Å²) in [5.41, 5.74) is 0.579. The average molecular weight is 270 g/mol. The van der Waals surface area contributed by atoms with Gasteiger partial charge in [-0.1, -0.05) is 31.1 Å². The van der Waals surface area contributed by atoms with Crippen molar-refractivity contribution in [1.29, 1.82) is 0 Å². The molecule has 1 amide bonds. The Balaban J connectivity index is 2.57. The lowest BCUT2D eigenvalue weighted by molar-refractivity contribution is -0.116. The van der Waals surface area contributed by atoms with Crippen molar-refractivity contribution >= 4 is 28.3 Å². The molecule has 100 valence electrons. The van der Waals surface area contributed by atoms with Gasteiger partial charge in [0.15, 0.2) is 5.13 Å². The summed E-state index contributed by atoms with van der Waals surface area (Å²) in [6, 6.07) is 0. The van der Waals surface area contributed by atoms with E-state index in [0.717, 1.165) is 30.6 Å². The van der Waals surface area contributed by atoms with Gasteiger partial charge >= 0.3 is 5.97 Å². The quantitative estimate of drug-likeness (QED) is 0.637. The average Bonchev–Trinajstić information content (AvgIpc) is 2.69. The number of thiazole rings is 1. The number of esters is 1. The lowest BCUT2D eigenvalue weighted by atomic mass is 10.2. The molecule has 0 aliphatic rings. The molecule has 0 unspecified atom stereocenters. The Hall–Kier alpha value is -1.43. The summed E-state index contributed by atoms with van der Waals surface area (Å²) in [6.07, 6.45) is 3.48. The first kappa shape index (κ1) is 14.6. The van der Waals surface area contributed by atoms with Crippen LogP contribution in [0.15, 0.2) is 0 Å². The molecule has 0 spiro atoms. The van der Waals surface area contributed by atoms with Crippen LogP contribution in [-0.2, 0) is 9.53 Å². The first-order valence-corrected chi connectivity index (χ1v) is 6.75. The number of aryl methyl sites for hydroxylation is 1. The molecule has 0 fully saturated rings. The highest BCUT2D eigenvalue weighted by Crippen LogP contribution is 2.23. The molecule has 1 N–H and O–H groups in total. The van der Waals surface area contributed by atoms with Gasteiger partial charge in [-0.3, -0.25) is 4.79 Å². The van der Waals surface area contributed by atoms with Gasteiger partial charge in [0.2, 0.25) is 5.91 Å². The Morgan fingerprint density at radius 2 is 2.11 bits per heavy atom. The normalized spacial score (nSPS) is 10.2. The van der Waals surface area contributed by atoms with Crippen molar-refractivity contribution in [3.05, 3.63) is 10.6 Å². The molecular weight excluding hydrogens is 252 g/mol. The van der Waals surface area contributed by atoms with Crippen LogP contribution in [0.25, 0.3) is 0 Å². The molecular formula is C12H18N2O3S. The predicted molar refractivity (Wildman–Crippen MR) is 71.0 cm³/mol. The number of ether oxygens (including phenoxy) is 1. The van der Waals surface area contributed by atoms with E-state index in [0.29, 0.717) is 22.1 Å². The molecule has 0 saturated heterocycles. The molecule has 0 bridgehead atoms. The molecule has 1 rings (SSSR count). The maximum Gasteiger partial charge on any atom is 0.350 e. The van der Waals surface area contributed by atoms with Crippen LogP contribution in [0.2, 0.25) is 0 Å². The van der Waals surface area contributed by atoms with Crippen molar-refractivity contribution in [3.63, 3.8) is 0 Å². The summed E-state index contributed by atoms with van der Waals surface area (Å²) in [4.78, 5) is 27.5. The van der Waals surface area contributed by atoms with Gasteiger partial charge in [0.05, 0.1) is 12.8 Å². The first-order chi connectivity index (χ1) is 8.58. The Morgan fingerprint density at radius 1 is 1.39 bits per heavy atom. The zero-order valence-electron chi connectivity index (χ0n) is 10.9. The summed E-state index contributed by atoms with van der Waals surface area (Å²) < 4.78 is 4.63. The zero-order valence-corrected chi connectivity index (χ0v) is 11.7. The van der Waals surface area contributed by atoms with Gasteiger partial charge in [-0.2, -0.15) is 0 Å². The predicted octanol–water partition coefficient (Wildman–Crippen LogP) is 2.76. The van der Waals surface area contributed by atoms with Crippen LogP contribution in [0, 0.1) is 6.92 Å². The third kappa shape index (κ3) is 4.10. The molecule has 0 radical (unpaired) electrons. The van der Waals surface area contributed by atoms with Crippen molar-refractivity contribution in [1.82, 2.24) is 4.98 Å². The van der Waals surface area contributed by atoms with Gasteiger partial charge in [0, 0.05) is 6.42 Å². The molecule has 1 heterocycles. The molecule has 0 saturated carbocycles. The van der Waals surface area contributed by atoms with Crippen LogP contribution < -0.4 is 5.32 Å². The molecule has 5 nitrogen and oxygen atoms in total. The number of carbonyl (C=O) groups is 2. The van der Waals surface area contributed by atoms with Crippen molar-refractivity contribution in [2.75, 3.05) is 12.4 Å². The minimum Gasteiger partial charge on any atom is -0.465 e. The van der Waals surface area contributed by atoms with Crippen LogP contribution in [-0.4, -0.2) is 24.0 Å². The van der Waals surface area contributed by atoms with Crippen LogP contribution >= 0.6 is 11.3 Å². The van der Waals surface area contributed by atoms with Gasteiger partial charge in [-0.25, -0.2) is 9.78 Å². The molecule has 0 aromatic carbocycles. The van der Waals surface area contributed by atoms with Gasteiger partial charge in [-0.05, 0) is 13.3 Å². The van der Waals surface area contributed by atoms with E-state index in [9.17, 15) is 9.59 Å². The number of hydrogen-bond donors (Lipinski definition) is 1. The lowest BCUT2D eigenvalue weighted by Gasteiger charge is -2.00. The Morgan fingerprint density at radius 3 is 2.72 bits per heavy atom. The summed E-state index contributed by atoms with van der Waals surface area (Å²) >= 11 is 1.14. The second-order valence-electron chi connectivity index (χ2n) is 3.93. The summed E-state index contributed by atoms with van der Waals surface area (Å²) in [5.74, 6) is -0.481. The largest absolute Gasteiger partial charge is 0.465 e. The van der Waals surface area contributed by atoms with E-state index < -0.39 is 5.97 Å². The monoisotopic (exact) mass is 270 g/mol. The third-order valence-electron chi connectivity index (χ3n) is 2.42. The van der Waals surface area contributed by atoms with Gasteiger partial charge in [0.25, 0.3) is 0 Å². The molecule has 6 heteroatoms. The number of unbranched alkanes of at least 4 members (excludes halogenated alkanes) is 2. The maximum atomic E-state index is 11.6. The Labute approximate surface area is 111 Å². The molecule has 0 aliphatic heterocycles. The highest BCUT2D eigenvalue weighted by molar-refractivity contribution is 7.17. The summed E-state index contributed by atoms with van der Waals surface area (Å²) in [6.45, 7) is 3.81. The van der Waals surface area contributed by atoms with E-state index in [1.165, 1.54) is 7.11 Å². The van der Waals surface area contributed by atoms with Crippen LogP contribution in [0.4, 0.5) is 5.13 Å². The van der Waals surface area contributed by atoms with E-state index in [2.05, 4.69) is 22.0 Å². The number of rotatable bonds is 6. The van der Waals surface area contributed by atoms with E-state index in [1.807, 2.05) is 0 Å². The topological polar surface area (TPSA) is 68.3 Å². The van der Waals surface area contributed by atoms with Crippen molar-refractivity contribution < 1.29 is 14.3 Å². The smallest absolute Gasteiger partial charge is 0.350 e. The number of nitrogens with one attached hydrogen (secondary N) is 1. The van der Waals surface area contributed by atoms with Crippen LogP contribution in [0.1, 0.15) is 48.0 Å². The minimum atomic E-state index is -0.420. The molecule has 0 atom stereocenters. The van der Waals surface area contributed by atoms with E-state index in [-0.39, 0.29) is 5.91 Å². The first-order valence-electron chi connectivity index (χ1n) is 5.94. The molecule has 1 aromatic heterocycles. The summed E-state index contributed by atoms with van der Waals surface area (Å²) in [7, 11) is 1.32. The summed E-state index contributed by atoms with van der Waals surface area (Å²) in [5, 5.41) is 3.15. The number of nitrogens with zero attached hydrogens (tertiary/aromatic N) is 1. The SMILES string of the molecule is CCCCCC(=O)Nc1nc(C)c(C(=O)OC)s1. The highest BCUT2D eigenvalue weighted by Gasteiger charge is 2.16. The van der Waals surface area contributed by atoms with Crippen LogP contribution in [0.5, 0.6) is 0 Å². The fourth-order valence-electron chi connectivity index (χ4n) is 1.45. The van der Waals surface area contributed by atoms with Crippen LogP contribution in [0.3, 0.4) is 0 Å². The Kier molecular flexibility index (Phi) is 5.77. The lowest BCUT2D eigenvalue weighted by Crippen LogP contribution is -2.10. The van der Waals surface area contributed by atoms with Crippen molar-refractivity contribution in [2.24, 2.45) is 0 Å².